The van der Waals surface area contributed by atoms with Crippen LogP contribution in [0, 0.1) is 0 Å². The fourth-order valence-corrected chi connectivity index (χ4v) is 1.48. The highest BCUT2D eigenvalue weighted by atomic mass is 16.4. The van der Waals surface area contributed by atoms with E-state index < -0.39 is 5.97 Å². The van der Waals surface area contributed by atoms with Crippen LogP contribution in [0.1, 0.15) is 32.4 Å². The third kappa shape index (κ3) is 4.53. The van der Waals surface area contributed by atoms with Crippen molar-refractivity contribution in [2.75, 3.05) is 6.54 Å². The highest BCUT2D eigenvalue weighted by molar-refractivity contribution is 5.80. The van der Waals surface area contributed by atoms with Crippen LogP contribution in [0.2, 0.25) is 0 Å². The van der Waals surface area contributed by atoms with E-state index in [4.69, 9.17) is 5.11 Å². The molecule has 0 bridgehead atoms. The fraction of sp³-hybridized carbons (Fsp3) is 0.462. The number of carboxylic acids is 1. The molecule has 0 saturated heterocycles. The zero-order chi connectivity index (χ0) is 13.6. The van der Waals surface area contributed by atoms with Crippen molar-refractivity contribution < 1.29 is 14.7 Å². The highest BCUT2D eigenvalue weighted by Crippen LogP contribution is 2.19. The molecule has 0 aliphatic carbocycles. The summed E-state index contributed by atoms with van der Waals surface area (Å²) in [6, 6.07) is 5.64. The molecule has 0 radical (unpaired) electrons. The number of carbonyl (C=O) groups is 2. The van der Waals surface area contributed by atoms with E-state index in [0.29, 0.717) is 6.54 Å². The second kappa shape index (κ2) is 6.14. The number of pyridine rings is 1. The summed E-state index contributed by atoms with van der Waals surface area (Å²) in [5, 5.41) is 11.2. The van der Waals surface area contributed by atoms with Gasteiger partial charge in [-0.25, -0.2) is 0 Å². The van der Waals surface area contributed by atoms with E-state index in [1.54, 1.807) is 6.20 Å². The molecule has 0 unspecified atom stereocenters. The number of rotatable bonds is 6. The van der Waals surface area contributed by atoms with E-state index in [9.17, 15) is 9.59 Å². The van der Waals surface area contributed by atoms with Crippen LogP contribution in [-0.2, 0) is 15.0 Å². The molecule has 0 aliphatic rings. The summed E-state index contributed by atoms with van der Waals surface area (Å²) in [4.78, 5) is 26.0. The largest absolute Gasteiger partial charge is 0.481 e. The number of hydrogen-bond acceptors (Lipinski definition) is 3. The third-order valence-corrected chi connectivity index (χ3v) is 2.65. The van der Waals surface area contributed by atoms with Crippen molar-refractivity contribution in [3.05, 3.63) is 30.1 Å². The van der Waals surface area contributed by atoms with Gasteiger partial charge in [0.15, 0.2) is 0 Å². The molecule has 0 aromatic carbocycles. The first-order valence-electron chi connectivity index (χ1n) is 5.82. The van der Waals surface area contributed by atoms with E-state index in [1.165, 1.54) is 0 Å². The topological polar surface area (TPSA) is 79.3 Å². The molecule has 1 aromatic rings. The number of carbonyl (C=O) groups excluding carboxylic acids is 1. The average Bonchev–Trinajstić information content (AvgIpc) is 2.35. The fourth-order valence-electron chi connectivity index (χ4n) is 1.48. The average molecular weight is 250 g/mol. The van der Waals surface area contributed by atoms with Crippen LogP contribution in [0.15, 0.2) is 24.4 Å². The van der Waals surface area contributed by atoms with Crippen LogP contribution < -0.4 is 5.32 Å². The van der Waals surface area contributed by atoms with Gasteiger partial charge in [-0.2, -0.15) is 0 Å². The molecule has 0 fully saturated rings. The van der Waals surface area contributed by atoms with Crippen molar-refractivity contribution >= 4 is 11.9 Å². The summed E-state index contributed by atoms with van der Waals surface area (Å²) in [6.45, 7) is 4.39. The van der Waals surface area contributed by atoms with Gasteiger partial charge in [-0.3, -0.25) is 14.6 Å². The molecule has 98 valence electrons. The molecule has 0 atom stereocenters. The Morgan fingerprint density at radius 1 is 1.33 bits per heavy atom. The van der Waals surface area contributed by atoms with Gasteiger partial charge in [-0.15, -0.1) is 0 Å². The number of carboxylic acid groups (broad SMARTS) is 1. The molecule has 0 aliphatic heterocycles. The molecule has 2 N–H and O–H groups in total. The Morgan fingerprint density at radius 2 is 2.06 bits per heavy atom. The normalized spacial score (nSPS) is 11.0. The summed E-state index contributed by atoms with van der Waals surface area (Å²) in [5.41, 5.74) is 0.615. The zero-order valence-corrected chi connectivity index (χ0v) is 10.6. The van der Waals surface area contributed by atoms with Crippen LogP contribution in [0.3, 0.4) is 0 Å². The number of amides is 1. The Hall–Kier alpha value is -1.91. The lowest BCUT2D eigenvalue weighted by molar-refractivity contribution is -0.138. The van der Waals surface area contributed by atoms with Gasteiger partial charge in [-0.1, -0.05) is 19.9 Å². The van der Waals surface area contributed by atoms with Gasteiger partial charge in [0.2, 0.25) is 5.91 Å². The van der Waals surface area contributed by atoms with Crippen LogP contribution in [-0.4, -0.2) is 28.5 Å². The Bertz CT molecular complexity index is 416. The zero-order valence-electron chi connectivity index (χ0n) is 10.6. The van der Waals surface area contributed by atoms with E-state index in [2.05, 4.69) is 10.3 Å². The standard InChI is InChI=1S/C13H18N2O3/c1-13(2,10-5-3-4-8-14-10)9-15-11(16)6-7-12(17)18/h3-5,8H,6-7,9H2,1-2H3,(H,15,16)(H,17,18). The highest BCUT2D eigenvalue weighted by Gasteiger charge is 2.22. The predicted octanol–water partition coefficient (Wildman–Crippen LogP) is 1.34. The maximum Gasteiger partial charge on any atom is 0.303 e. The molecule has 1 rings (SSSR count). The minimum Gasteiger partial charge on any atom is -0.481 e. The molecule has 5 heteroatoms. The Balaban J connectivity index is 2.47. The molecule has 5 nitrogen and oxygen atoms in total. The number of nitrogens with one attached hydrogen (secondary N) is 1. The van der Waals surface area contributed by atoms with Crippen molar-refractivity contribution in [1.82, 2.24) is 10.3 Å². The van der Waals surface area contributed by atoms with Crippen LogP contribution >= 0.6 is 0 Å². The van der Waals surface area contributed by atoms with Gasteiger partial charge in [0, 0.05) is 30.3 Å². The molecular weight excluding hydrogens is 232 g/mol. The van der Waals surface area contributed by atoms with Gasteiger partial charge in [0.1, 0.15) is 0 Å². The van der Waals surface area contributed by atoms with Gasteiger partial charge < -0.3 is 10.4 Å². The van der Waals surface area contributed by atoms with Gasteiger partial charge in [0.25, 0.3) is 0 Å². The molecule has 1 heterocycles. The van der Waals surface area contributed by atoms with Crippen molar-refractivity contribution in [2.24, 2.45) is 0 Å². The molecule has 18 heavy (non-hydrogen) atoms. The van der Waals surface area contributed by atoms with Crippen LogP contribution in [0.25, 0.3) is 0 Å². The second-order valence-corrected chi connectivity index (χ2v) is 4.77. The first-order valence-corrected chi connectivity index (χ1v) is 5.82. The molecule has 1 aromatic heterocycles. The minimum absolute atomic E-state index is 0.00757. The molecular formula is C13H18N2O3. The molecule has 1 amide bonds. The Morgan fingerprint density at radius 3 is 2.61 bits per heavy atom. The van der Waals surface area contributed by atoms with E-state index in [0.717, 1.165) is 5.69 Å². The number of hydrogen-bond donors (Lipinski definition) is 2. The second-order valence-electron chi connectivity index (χ2n) is 4.77. The monoisotopic (exact) mass is 250 g/mol. The summed E-state index contributed by atoms with van der Waals surface area (Å²) in [7, 11) is 0. The number of aliphatic carboxylic acids is 1. The lowest BCUT2D eigenvalue weighted by Gasteiger charge is -2.24. The summed E-state index contributed by atoms with van der Waals surface area (Å²) in [6.07, 6.45) is 1.58. The molecule has 0 spiro atoms. The van der Waals surface area contributed by atoms with Gasteiger partial charge in [-0.05, 0) is 12.1 Å². The van der Waals surface area contributed by atoms with Gasteiger partial charge >= 0.3 is 5.97 Å². The maximum atomic E-state index is 11.4. The minimum atomic E-state index is -0.964. The van der Waals surface area contributed by atoms with E-state index in [1.807, 2.05) is 32.0 Å². The van der Waals surface area contributed by atoms with E-state index in [-0.39, 0.29) is 24.2 Å². The summed E-state index contributed by atoms with van der Waals surface area (Å²) >= 11 is 0. The Labute approximate surface area is 106 Å². The van der Waals surface area contributed by atoms with Crippen molar-refractivity contribution in [3.63, 3.8) is 0 Å². The smallest absolute Gasteiger partial charge is 0.303 e. The SMILES string of the molecule is CC(C)(CNC(=O)CCC(=O)O)c1ccccn1. The van der Waals surface area contributed by atoms with Crippen molar-refractivity contribution in [2.45, 2.75) is 32.1 Å². The number of nitrogens with zero attached hydrogens (tertiary/aromatic N) is 1. The maximum absolute atomic E-state index is 11.4. The molecule has 0 saturated carbocycles. The number of aromatic nitrogens is 1. The van der Waals surface area contributed by atoms with Crippen molar-refractivity contribution in [3.8, 4) is 0 Å². The first-order chi connectivity index (χ1) is 8.42. The summed E-state index contributed by atoms with van der Waals surface area (Å²) < 4.78 is 0. The Kier molecular flexibility index (Phi) is 4.83. The van der Waals surface area contributed by atoms with Crippen molar-refractivity contribution in [1.29, 1.82) is 0 Å². The van der Waals surface area contributed by atoms with Gasteiger partial charge in [0.05, 0.1) is 6.42 Å². The third-order valence-electron chi connectivity index (χ3n) is 2.65. The summed E-state index contributed by atoms with van der Waals surface area (Å²) in [5.74, 6) is -1.21. The lowest BCUT2D eigenvalue weighted by atomic mass is 9.88. The van der Waals surface area contributed by atoms with Crippen LogP contribution in [0.4, 0.5) is 0 Å². The lowest BCUT2D eigenvalue weighted by Crippen LogP contribution is -2.37. The quantitative estimate of drug-likeness (QED) is 0.798. The van der Waals surface area contributed by atoms with Crippen LogP contribution in [0.5, 0.6) is 0 Å². The van der Waals surface area contributed by atoms with E-state index >= 15 is 0 Å². The predicted molar refractivity (Wildman–Crippen MR) is 67.1 cm³/mol. The first kappa shape index (κ1) is 14.2.